The number of hydrogen-bond acceptors (Lipinski definition) is 4. The lowest BCUT2D eigenvalue weighted by Gasteiger charge is -2.09. The van der Waals surface area contributed by atoms with Gasteiger partial charge in [-0.2, -0.15) is 0 Å². The average Bonchev–Trinajstić information content (AvgIpc) is 2.50. The maximum absolute atomic E-state index is 12.9. The highest BCUT2D eigenvalue weighted by molar-refractivity contribution is 6.25. The van der Waals surface area contributed by atoms with Crippen molar-refractivity contribution in [3.63, 3.8) is 0 Å². The lowest BCUT2D eigenvalue weighted by atomic mass is 10.1. The van der Waals surface area contributed by atoms with Crippen LogP contribution < -0.4 is 10.5 Å². The Hall–Kier alpha value is -1.98. The molecule has 0 radical (unpaired) electrons. The third-order valence-corrected chi connectivity index (χ3v) is 2.61. The van der Waals surface area contributed by atoms with Crippen molar-refractivity contribution < 1.29 is 13.9 Å². The van der Waals surface area contributed by atoms with E-state index in [0.29, 0.717) is 17.0 Å². The fourth-order valence-corrected chi connectivity index (χ4v) is 1.47. The number of Topliss-reactive ketones (excluding diaryl/α,β-unsaturated/α-hetero) is 1. The number of carbonyl (C=O) groups is 1. The van der Waals surface area contributed by atoms with Crippen LogP contribution in [0.5, 0.6) is 5.75 Å². The Morgan fingerprint density at radius 2 is 2.25 bits per heavy atom. The van der Waals surface area contributed by atoms with Crippen LogP contribution in [0.2, 0.25) is 0 Å². The van der Waals surface area contributed by atoms with Crippen LogP contribution in [-0.2, 0) is 0 Å². The van der Waals surface area contributed by atoms with Crippen molar-refractivity contribution in [2.45, 2.75) is 0 Å². The van der Waals surface area contributed by atoms with Gasteiger partial charge in [0.25, 0.3) is 0 Å². The number of pyridine rings is 1. The van der Waals surface area contributed by atoms with E-state index in [2.05, 4.69) is 11.6 Å². The van der Waals surface area contributed by atoms with Gasteiger partial charge in [0.15, 0.2) is 5.78 Å². The molecule has 0 aliphatic heterocycles. The molecule has 20 heavy (non-hydrogen) atoms. The second kappa shape index (κ2) is 7.57. The molecule has 6 heteroatoms. The monoisotopic (exact) mass is 296 g/mol. The van der Waals surface area contributed by atoms with Crippen molar-refractivity contribution in [1.29, 1.82) is 0 Å². The number of methoxy groups -OCH3 is 1. The standard InChI is InChI=1S/C14H14ClFN2O2/c1-9(3-4-10(16)7-15)14-13(20-2)6-5-11(18-14)12(19)8-17/h3-7H,1,8,17H2,2H3. The van der Waals surface area contributed by atoms with E-state index < -0.39 is 5.83 Å². The molecule has 1 rings (SSSR count). The van der Waals surface area contributed by atoms with E-state index in [1.807, 2.05) is 0 Å². The third-order valence-electron chi connectivity index (χ3n) is 2.40. The van der Waals surface area contributed by atoms with Crippen molar-refractivity contribution in [2.24, 2.45) is 5.73 Å². The molecule has 1 aromatic heterocycles. The van der Waals surface area contributed by atoms with E-state index in [-0.39, 0.29) is 18.0 Å². The van der Waals surface area contributed by atoms with Crippen LogP contribution in [-0.4, -0.2) is 24.4 Å². The van der Waals surface area contributed by atoms with Gasteiger partial charge in [0.2, 0.25) is 0 Å². The van der Waals surface area contributed by atoms with Gasteiger partial charge in [0, 0.05) is 5.54 Å². The van der Waals surface area contributed by atoms with E-state index >= 15 is 0 Å². The number of carbonyl (C=O) groups excluding carboxylic acids is 1. The van der Waals surface area contributed by atoms with E-state index in [1.54, 1.807) is 6.07 Å². The maximum atomic E-state index is 12.9. The van der Waals surface area contributed by atoms with Gasteiger partial charge in [0.1, 0.15) is 23.0 Å². The Morgan fingerprint density at radius 3 is 2.80 bits per heavy atom. The Balaban J connectivity index is 3.17. The van der Waals surface area contributed by atoms with E-state index in [9.17, 15) is 9.18 Å². The first kappa shape index (κ1) is 16.1. The molecule has 0 amide bonds. The van der Waals surface area contributed by atoms with Gasteiger partial charge < -0.3 is 10.5 Å². The zero-order chi connectivity index (χ0) is 15.1. The number of rotatable bonds is 6. The summed E-state index contributed by atoms with van der Waals surface area (Å²) in [6.45, 7) is 3.61. The minimum atomic E-state index is -0.624. The largest absolute Gasteiger partial charge is 0.494 e. The summed E-state index contributed by atoms with van der Waals surface area (Å²) in [5.74, 6) is -0.512. The first-order valence-electron chi connectivity index (χ1n) is 5.65. The fourth-order valence-electron chi connectivity index (χ4n) is 1.40. The van der Waals surface area contributed by atoms with Gasteiger partial charge in [-0.05, 0) is 23.8 Å². The SMILES string of the molecule is C=C(C=CC(F)=CCl)c1nc(C(=O)CN)ccc1OC. The molecule has 1 heterocycles. The normalized spacial score (nSPS) is 11.7. The van der Waals surface area contributed by atoms with Crippen molar-refractivity contribution >= 4 is 23.0 Å². The van der Waals surface area contributed by atoms with Crippen molar-refractivity contribution in [1.82, 2.24) is 4.98 Å². The molecule has 0 aliphatic carbocycles. The van der Waals surface area contributed by atoms with Gasteiger partial charge in [0.05, 0.1) is 13.7 Å². The van der Waals surface area contributed by atoms with Crippen LogP contribution in [0, 0.1) is 0 Å². The van der Waals surface area contributed by atoms with Crippen LogP contribution in [0.25, 0.3) is 5.57 Å². The Morgan fingerprint density at radius 1 is 1.55 bits per heavy atom. The molecule has 2 N–H and O–H groups in total. The van der Waals surface area contributed by atoms with Gasteiger partial charge in [-0.15, -0.1) is 0 Å². The summed E-state index contributed by atoms with van der Waals surface area (Å²) in [5, 5.41) is 0. The second-order valence-electron chi connectivity index (χ2n) is 3.73. The predicted octanol–water partition coefficient (Wildman–Crippen LogP) is 2.85. The van der Waals surface area contributed by atoms with E-state index in [1.165, 1.54) is 19.3 Å². The fraction of sp³-hybridized carbons (Fsp3) is 0.143. The number of nitrogens with zero attached hydrogens (tertiary/aromatic N) is 1. The van der Waals surface area contributed by atoms with E-state index in [4.69, 9.17) is 22.1 Å². The summed E-state index contributed by atoms with van der Waals surface area (Å²) in [7, 11) is 1.46. The van der Waals surface area contributed by atoms with Crippen molar-refractivity contribution in [3.8, 4) is 5.75 Å². The molecule has 1 aromatic rings. The Bertz CT molecular complexity index is 583. The van der Waals surface area contributed by atoms with Gasteiger partial charge in [-0.3, -0.25) is 4.79 Å². The molecule has 106 valence electrons. The molecule has 4 nitrogen and oxygen atoms in total. The number of hydrogen-bond donors (Lipinski definition) is 1. The van der Waals surface area contributed by atoms with Crippen LogP contribution in [0.3, 0.4) is 0 Å². The van der Waals surface area contributed by atoms with E-state index in [0.717, 1.165) is 11.6 Å². The number of allylic oxidation sites excluding steroid dienone is 4. The summed E-state index contributed by atoms with van der Waals surface area (Å²) in [6.07, 6.45) is 2.52. The molecule has 0 saturated heterocycles. The highest BCUT2D eigenvalue weighted by Gasteiger charge is 2.12. The number of nitrogens with two attached hydrogens (primary N) is 1. The van der Waals surface area contributed by atoms with Gasteiger partial charge >= 0.3 is 0 Å². The first-order chi connectivity index (χ1) is 9.53. The van der Waals surface area contributed by atoms with Gasteiger partial charge in [-0.1, -0.05) is 24.3 Å². The average molecular weight is 297 g/mol. The summed E-state index contributed by atoms with van der Waals surface area (Å²) in [4.78, 5) is 15.7. The molecule has 0 fully saturated rings. The molecule has 0 aliphatic rings. The molecule has 0 bridgehead atoms. The first-order valence-corrected chi connectivity index (χ1v) is 6.08. The highest BCUT2D eigenvalue weighted by atomic mass is 35.5. The van der Waals surface area contributed by atoms with Crippen molar-refractivity contribution in [3.05, 3.63) is 53.6 Å². The van der Waals surface area contributed by atoms with Crippen LogP contribution in [0.15, 0.2) is 42.2 Å². The highest BCUT2D eigenvalue weighted by Crippen LogP contribution is 2.24. The van der Waals surface area contributed by atoms with Crippen LogP contribution in [0.1, 0.15) is 16.2 Å². The summed E-state index contributed by atoms with van der Waals surface area (Å²) in [6, 6.07) is 3.09. The number of ketones is 1. The molecular weight excluding hydrogens is 283 g/mol. The molecule has 0 atom stereocenters. The number of aromatic nitrogens is 1. The smallest absolute Gasteiger partial charge is 0.194 e. The Labute approximate surface area is 121 Å². The predicted molar refractivity (Wildman–Crippen MR) is 77.4 cm³/mol. The number of halogens is 2. The minimum Gasteiger partial charge on any atom is -0.494 e. The number of ether oxygens (including phenoxy) is 1. The lowest BCUT2D eigenvalue weighted by molar-refractivity contribution is 0.0996. The summed E-state index contributed by atoms with van der Waals surface area (Å²) >= 11 is 5.21. The summed E-state index contributed by atoms with van der Waals surface area (Å²) in [5.41, 5.74) is 7.00. The molecule has 0 spiro atoms. The van der Waals surface area contributed by atoms with Gasteiger partial charge in [-0.25, -0.2) is 9.37 Å². The second-order valence-corrected chi connectivity index (χ2v) is 3.95. The van der Waals surface area contributed by atoms with Crippen molar-refractivity contribution in [2.75, 3.05) is 13.7 Å². The molecular formula is C14H14ClFN2O2. The maximum Gasteiger partial charge on any atom is 0.194 e. The third kappa shape index (κ3) is 4.01. The molecule has 0 unspecified atom stereocenters. The lowest BCUT2D eigenvalue weighted by Crippen LogP contribution is -2.15. The topological polar surface area (TPSA) is 65.2 Å². The zero-order valence-electron chi connectivity index (χ0n) is 10.9. The zero-order valence-corrected chi connectivity index (χ0v) is 11.7. The minimum absolute atomic E-state index is 0.148. The Kier molecular flexibility index (Phi) is 6.09. The van der Waals surface area contributed by atoms with Crippen LogP contribution in [0.4, 0.5) is 4.39 Å². The quantitative estimate of drug-likeness (QED) is 0.647. The molecule has 0 saturated carbocycles. The summed E-state index contributed by atoms with van der Waals surface area (Å²) < 4.78 is 18.1. The molecule has 0 aromatic carbocycles. The van der Waals surface area contributed by atoms with Crippen LogP contribution >= 0.6 is 11.6 Å².